The van der Waals surface area contributed by atoms with Crippen molar-refractivity contribution in [2.24, 2.45) is 0 Å². The molecule has 0 aliphatic rings. The van der Waals surface area contributed by atoms with Crippen LogP contribution in [-0.4, -0.2) is 18.7 Å². The Labute approximate surface area is 100 Å². The number of benzene rings is 1. The SMILES string of the molecule is CN(C(=O)OC(C)(C)C)c1c(N)cccc1F. The lowest BCUT2D eigenvalue weighted by molar-refractivity contribution is 0.0588. The number of amides is 1. The number of hydrogen-bond donors (Lipinski definition) is 1. The number of anilines is 2. The first-order valence-electron chi connectivity index (χ1n) is 5.23. The van der Waals surface area contributed by atoms with E-state index >= 15 is 0 Å². The lowest BCUT2D eigenvalue weighted by atomic mass is 10.2. The molecule has 94 valence electrons. The summed E-state index contributed by atoms with van der Waals surface area (Å²) in [6, 6.07) is 4.25. The summed E-state index contributed by atoms with van der Waals surface area (Å²) in [5.41, 5.74) is 5.22. The predicted molar refractivity (Wildman–Crippen MR) is 65.4 cm³/mol. The number of nitrogens with two attached hydrogens (primary N) is 1. The molecule has 0 radical (unpaired) electrons. The van der Waals surface area contributed by atoms with Crippen LogP contribution in [-0.2, 0) is 4.74 Å². The molecular formula is C12H17FN2O2. The smallest absolute Gasteiger partial charge is 0.414 e. The summed E-state index contributed by atoms with van der Waals surface area (Å²) < 4.78 is 18.7. The van der Waals surface area contributed by atoms with E-state index in [9.17, 15) is 9.18 Å². The number of nitrogen functional groups attached to an aromatic ring is 1. The summed E-state index contributed by atoms with van der Waals surface area (Å²) in [6.07, 6.45) is -0.644. The summed E-state index contributed by atoms with van der Waals surface area (Å²) in [7, 11) is 1.42. The van der Waals surface area contributed by atoms with Crippen LogP contribution in [0.25, 0.3) is 0 Å². The van der Waals surface area contributed by atoms with Crippen molar-refractivity contribution in [3.63, 3.8) is 0 Å². The lowest BCUT2D eigenvalue weighted by Crippen LogP contribution is -2.35. The Morgan fingerprint density at radius 2 is 2.00 bits per heavy atom. The predicted octanol–water partition coefficient (Wildman–Crippen LogP) is 2.78. The quantitative estimate of drug-likeness (QED) is 0.768. The fourth-order valence-corrected chi connectivity index (χ4v) is 1.31. The highest BCUT2D eigenvalue weighted by atomic mass is 19.1. The zero-order valence-electron chi connectivity index (χ0n) is 10.5. The summed E-state index contributed by atoms with van der Waals surface area (Å²) >= 11 is 0. The highest BCUT2D eigenvalue weighted by molar-refractivity contribution is 5.91. The Morgan fingerprint density at radius 1 is 1.41 bits per heavy atom. The van der Waals surface area contributed by atoms with E-state index in [1.54, 1.807) is 20.8 Å². The van der Waals surface area contributed by atoms with Crippen LogP contribution in [0.1, 0.15) is 20.8 Å². The van der Waals surface area contributed by atoms with Crippen LogP contribution in [0.3, 0.4) is 0 Å². The Kier molecular flexibility index (Phi) is 3.60. The van der Waals surface area contributed by atoms with Gasteiger partial charge in [-0.05, 0) is 32.9 Å². The second kappa shape index (κ2) is 4.61. The van der Waals surface area contributed by atoms with Crippen LogP contribution in [0.15, 0.2) is 18.2 Å². The van der Waals surface area contributed by atoms with Gasteiger partial charge in [-0.2, -0.15) is 0 Å². The summed E-state index contributed by atoms with van der Waals surface area (Å²) in [4.78, 5) is 12.8. The normalized spacial score (nSPS) is 11.1. The Hall–Kier alpha value is -1.78. The zero-order valence-corrected chi connectivity index (χ0v) is 10.5. The van der Waals surface area contributed by atoms with Gasteiger partial charge < -0.3 is 10.5 Å². The van der Waals surface area contributed by atoms with Crippen molar-refractivity contribution >= 4 is 17.5 Å². The maximum absolute atomic E-state index is 13.6. The largest absolute Gasteiger partial charge is 0.443 e. The molecule has 17 heavy (non-hydrogen) atoms. The summed E-state index contributed by atoms with van der Waals surface area (Å²) in [5.74, 6) is -0.557. The average molecular weight is 240 g/mol. The van der Waals surface area contributed by atoms with E-state index in [0.717, 1.165) is 4.90 Å². The van der Waals surface area contributed by atoms with E-state index in [4.69, 9.17) is 10.5 Å². The Balaban J connectivity index is 2.97. The molecule has 0 fully saturated rings. The van der Waals surface area contributed by atoms with Crippen molar-refractivity contribution in [2.75, 3.05) is 17.7 Å². The van der Waals surface area contributed by atoms with Gasteiger partial charge in [0.15, 0.2) is 0 Å². The van der Waals surface area contributed by atoms with Gasteiger partial charge in [0.25, 0.3) is 0 Å². The Bertz CT molecular complexity index is 407. The Morgan fingerprint density at radius 3 is 2.47 bits per heavy atom. The van der Waals surface area contributed by atoms with Crippen molar-refractivity contribution in [3.8, 4) is 0 Å². The molecule has 1 amide bonds. The molecule has 0 bridgehead atoms. The molecule has 1 rings (SSSR count). The molecular weight excluding hydrogens is 223 g/mol. The first-order valence-corrected chi connectivity index (χ1v) is 5.23. The van der Waals surface area contributed by atoms with Gasteiger partial charge in [-0.25, -0.2) is 9.18 Å². The molecule has 0 aromatic heterocycles. The maximum atomic E-state index is 13.6. The molecule has 2 N–H and O–H groups in total. The number of ether oxygens (including phenoxy) is 1. The maximum Gasteiger partial charge on any atom is 0.414 e. The second-order valence-electron chi connectivity index (χ2n) is 4.72. The van der Waals surface area contributed by atoms with E-state index < -0.39 is 17.5 Å². The average Bonchev–Trinajstić information content (AvgIpc) is 2.14. The number of halogens is 1. The van der Waals surface area contributed by atoms with Crippen LogP contribution in [0.2, 0.25) is 0 Å². The monoisotopic (exact) mass is 240 g/mol. The van der Waals surface area contributed by atoms with Crippen LogP contribution in [0, 0.1) is 5.82 Å². The third-order valence-electron chi connectivity index (χ3n) is 2.02. The number of carbonyl (C=O) groups is 1. The fraction of sp³-hybridized carbons (Fsp3) is 0.417. The second-order valence-corrected chi connectivity index (χ2v) is 4.72. The van der Waals surface area contributed by atoms with Crippen molar-refractivity contribution in [2.45, 2.75) is 26.4 Å². The molecule has 0 heterocycles. The molecule has 0 saturated heterocycles. The number of rotatable bonds is 1. The highest BCUT2D eigenvalue weighted by Crippen LogP contribution is 2.26. The lowest BCUT2D eigenvalue weighted by Gasteiger charge is -2.25. The van der Waals surface area contributed by atoms with Gasteiger partial charge >= 0.3 is 6.09 Å². The van der Waals surface area contributed by atoms with E-state index in [1.165, 1.54) is 25.2 Å². The van der Waals surface area contributed by atoms with Gasteiger partial charge in [-0.15, -0.1) is 0 Å². The van der Waals surface area contributed by atoms with Gasteiger partial charge in [0.1, 0.15) is 17.1 Å². The van der Waals surface area contributed by atoms with E-state index in [1.807, 2.05) is 0 Å². The zero-order chi connectivity index (χ0) is 13.2. The number of carbonyl (C=O) groups excluding carboxylic acids is 1. The van der Waals surface area contributed by atoms with Crippen LogP contribution < -0.4 is 10.6 Å². The molecule has 0 atom stereocenters. The minimum absolute atomic E-state index is 0.0294. The number of para-hydroxylation sites is 1. The van der Waals surface area contributed by atoms with Gasteiger partial charge in [0, 0.05) is 7.05 Å². The van der Waals surface area contributed by atoms with Gasteiger partial charge in [0.2, 0.25) is 0 Å². The minimum Gasteiger partial charge on any atom is -0.443 e. The highest BCUT2D eigenvalue weighted by Gasteiger charge is 2.23. The van der Waals surface area contributed by atoms with E-state index in [-0.39, 0.29) is 11.4 Å². The van der Waals surface area contributed by atoms with Crippen LogP contribution in [0.5, 0.6) is 0 Å². The summed E-state index contributed by atoms with van der Waals surface area (Å²) in [5, 5.41) is 0. The van der Waals surface area contributed by atoms with Gasteiger partial charge in [-0.1, -0.05) is 6.07 Å². The van der Waals surface area contributed by atoms with E-state index in [2.05, 4.69) is 0 Å². The third kappa shape index (κ3) is 3.34. The number of hydrogen-bond acceptors (Lipinski definition) is 3. The molecule has 0 aliphatic carbocycles. The van der Waals surface area contributed by atoms with Crippen molar-refractivity contribution in [1.82, 2.24) is 0 Å². The molecule has 1 aromatic carbocycles. The van der Waals surface area contributed by atoms with Gasteiger partial charge in [-0.3, -0.25) is 4.90 Å². The topological polar surface area (TPSA) is 55.6 Å². The molecule has 1 aromatic rings. The van der Waals surface area contributed by atoms with E-state index in [0.29, 0.717) is 0 Å². The van der Waals surface area contributed by atoms with Crippen LogP contribution >= 0.6 is 0 Å². The molecule has 0 aliphatic heterocycles. The molecule has 0 spiro atoms. The third-order valence-corrected chi connectivity index (χ3v) is 2.02. The number of nitrogens with zero attached hydrogens (tertiary/aromatic N) is 1. The molecule has 5 heteroatoms. The molecule has 0 unspecified atom stereocenters. The van der Waals surface area contributed by atoms with Crippen molar-refractivity contribution in [1.29, 1.82) is 0 Å². The van der Waals surface area contributed by atoms with Crippen LogP contribution in [0.4, 0.5) is 20.6 Å². The minimum atomic E-state index is -0.644. The van der Waals surface area contributed by atoms with Gasteiger partial charge in [0.05, 0.1) is 5.69 Å². The molecule has 0 saturated carbocycles. The first kappa shape index (κ1) is 13.3. The fourth-order valence-electron chi connectivity index (χ4n) is 1.31. The van der Waals surface area contributed by atoms with Crippen molar-refractivity contribution in [3.05, 3.63) is 24.0 Å². The van der Waals surface area contributed by atoms with Crippen molar-refractivity contribution < 1.29 is 13.9 Å². The summed E-state index contributed by atoms with van der Waals surface area (Å²) in [6.45, 7) is 5.22. The first-order chi connectivity index (χ1) is 7.72. The molecule has 4 nitrogen and oxygen atoms in total. The standard InChI is InChI=1S/C12H17FN2O2/c1-12(2,3)17-11(16)15(4)10-8(13)6-5-7-9(10)14/h5-7H,14H2,1-4H3.